The standard InChI is InChI=1S/C25H20ClN3OS/c1-3-29-21-7-5-4-6-18(21)19-12-16(9-11-22(19)29)13-23-24(30)28-25(31-23)27-20-14-17(26)10-8-15(20)2/h4-14H,3H2,1-2H3,(H,27,28,30)/b23-13-. The molecule has 4 aromatic rings. The van der Waals surface area contributed by atoms with Crippen molar-refractivity contribution in [1.82, 2.24) is 9.88 Å². The van der Waals surface area contributed by atoms with E-state index in [4.69, 9.17) is 11.6 Å². The number of carbonyl (C=O) groups is 1. The zero-order valence-corrected chi connectivity index (χ0v) is 18.7. The van der Waals surface area contributed by atoms with Crippen molar-refractivity contribution in [2.24, 2.45) is 4.99 Å². The van der Waals surface area contributed by atoms with E-state index in [2.05, 4.69) is 64.3 Å². The van der Waals surface area contributed by atoms with Crippen LogP contribution in [-0.4, -0.2) is 15.6 Å². The number of fused-ring (bicyclic) bond motifs is 3. The molecule has 1 fully saturated rings. The molecule has 3 aromatic carbocycles. The summed E-state index contributed by atoms with van der Waals surface area (Å²) >= 11 is 7.44. The van der Waals surface area contributed by atoms with Crippen molar-refractivity contribution in [3.63, 3.8) is 0 Å². The van der Waals surface area contributed by atoms with E-state index in [9.17, 15) is 4.79 Å². The molecule has 1 aromatic heterocycles. The highest BCUT2D eigenvalue weighted by molar-refractivity contribution is 8.18. The Hall–Kier alpha value is -3.02. The lowest BCUT2D eigenvalue weighted by Crippen LogP contribution is -2.19. The van der Waals surface area contributed by atoms with Crippen molar-refractivity contribution in [3.05, 3.63) is 81.7 Å². The first kappa shape index (κ1) is 19.9. The van der Waals surface area contributed by atoms with Crippen molar-refractivity contribution >= 4 is 68.0 Å². The zero-order valence-electron chi connectivity index (χ0n) is 17.1. The molecule has 154 valence electrons. The summed E-state index contributed by atoms with van der Waals surface area (Å²) in [7, 11) is 0. The summed E-state index contributed by atoms with van der Waals surface area (Å²) in [5.74, 6) is -0.139. The SMILES string of the molecule is CCn1c2ccccc2c2cc(/C=C3\SC(=Nc4cc(Cl)ccc4C)NC3=O)ccc21. The number of nitrogens with one attached hydrogen (secondary N) is 1. The number of para-hydroxylation sites is 1. The number of nitrogens with zero attached hydrogens (tertiary/aromatic N) is 2. The largest absolute Gasteiger partial charge is 0.341 e. The molecule has 0 spiro atoms. The van der Waals surface area contributed by atoms with Crippen LogP contribution in [0.25, 0.3) is 27.9 Å². The number of aliphatic imine (C=N–C) groups is 1. The van der Waals surface area contributed by atoms with Gasteiger partial charge in [-0.25, -0.2) is 4.99 Å². The van der Waals surface area contributed by atoms with Crippen LogP contribution in [0.4, 0.5) is 5.69 Å². The summed E-state index contributed by atoms with van der Waals surface area (Å²) < 4.78 is 2.32. The van der Waals surface area contributed by atoms with Crippen LogP contribution in [0.15, 0.2) is 70.6 Å². The van der Waals surface area contributed by atoms with E-state index in [1.54, 1.807) is 6.07 Å². The van der Waals surface area contributed by atoms with Gasteiger partial charge in [0.2, 0.25) is 0 Å². The van der Waals surface area contributed by atoms with Crippen molar-refractivity contribution in [2.45, 2.75) is 20.4 Å². The predicted octanol–water partition coefficient (Wildman–Crippen LogP) is 6.67. The molecule has 5 rings (SSSR count). The smallest absolute Gasteiger partial charge is 0.264 e. The average molecular weight is 446 g/mol. The van der Waals surface area contributed by atoms with E-state index in [1.807, 2.05) is 25.1 Å². The number of rotatable bonds is 3. The van der Waals surface area contributed by atoms with Gasteiger partial charge in [-0.2, -0.15) is 0 Å². The second-order valence-electron chi connectivity index (χ2n) is 7.45. The highest BCUT2D eigenvalue weighted by atomic mass is 35.5. The number of aromatic nitrogens is 1. The Morgan fingerprint density at radius 2 is 1.87 bits per heavy atom. The second-order valence-corrected chi connectivity index (χ2v) is 8.92. The van der Waals surface area contributed by atoms with Crippen molar-refractivity contribution in [1.29, 1.82) is 0 Å². The molecule has 1 amide bonds. The molecule has 0 bridgehead atoms. The Morgan fingerprint density at radius 3 is 2.71 bits per heavy atom. The molecule has 6 heteroatoms. The Kier molecular flexibility index (Phi) is 5.08. The first-order valence-corrected chi connectivity index (χ1v) is 11.3. The first-order valence-electron chi connectivity index (χ1n) is 10.1. The molecular weight excluding hydrogens is 426 g/mol. The molecule has 4 nitrogen and oxygen atoms in total. The van der Waals surface area contributed by atoms with Crippen LogP contribution >= 0.6 is 23.4 Å². The summed E-state index contributed by atoms with van der Waals surface area (Å²) in [6, 6.07) is 20.3. The van der Waals surface area contributed by atoms with Gasteiger partial charge in [0.1, 0.15) is 0 Å². The van der Waals surface area contributed by atoms with Gasteiger partial charge in [0.15, 0.2) is 5.17 Å². The Morgan fingerprint density at radius 1 is 1.06 bits per heavy atom. The maximum absolute atomic E-state index is 12.5. The number of aryl methyl sites for hydroxylation is 2. The lowest BCUT2D eigenvalue weighted by atomic mass is 10.1. The van der Waals surface area contributed by atoms with Crippen LogP contribution in [0.5, 0.6) is 0 Å². The first-order chi connectivity index (χ1) is 15.0. The molecule has 0 radical (unpaired) electrons. The van der Waals surface area contributed by atoms with E-state index in [0.29, 0.717) is 15.1 Å². The molecule has 0 atom stereocenters. The highest BCUT2D eigenvalue weighted by Gasteiger charge is 2.24. The van der Waals surface area contributed by atoms with Gasteiger partial charge in [-0.05, 0) is 73.1 Å². The third-order valence-electron chi connectivity index (χ3n) is 5.45. The van der Waals surface area contributed by atoms with E-state index >= 15 is 0 Å². The lowest BCUT2D eigenvalue weighted by Gasteiger charge is -2.03. The van der Waals surface area contributed by atoms with Gasteiger partial charge in [0.25, 0.3) is 5.91 Å². The van der Waals surface area contributed by atoms with Crippen molar-refractivity contribution < 1.29 is 4.79 Å². The van der Waals surface area contributed by atoms with Crippen LogP contribution in [0.3, 0.4) is 0 Å². The molecule has 0 aliphatic carbocycles. The predicted molar refractivity (Wildman–Crippen MR) is 132 cm³/mol. The van der Waals surface area contributed by atoms with E-state index in [1.165, 1.54) is 33.6 Å². The minimum atomic E-state index is -0.139. The van der Waals surface area contributed by atoms with Crippen LogP contribution < -0.4 is 5.32 Å². The summed E-state index contributed by atoms with van der Waals surface area (Å²) in [5, 5.41) is 6.46. The number of thioether (sulfide) groups is 1. The molecule has 1 N–H and O–H groups in total. The summed E-state index contributed by atoms with van der Waals surface area (Å²) in [5.41, 5.74) is 5.17. The molecule has 0 unspecified atom stereocenters. The van der Waals surface area contributed by atoms with Crippen LogP contribution in [0.2, 0.25) is 5.02 Å². The summed E-state index contributed by atoms with van der Waals surface area (Å²) in [4.78, 5) is 17.8. The number of amides is 1. The third-order valence-corrected chi connectivity index (χ3v) is 6.60. The maximum Gasteiger partial charge on any atom is 0.264 e. The molecule has 31 heavy (non-hydrogen) atoms. The van der Waals surface area contributed by atoms with Gasteiger partial charge in [0, 0.05) is 33.4 Å². The topological polar surface area (TPSA) is 46.4 Å². The zero-order chi connectivity index (χ0) is 21.5. The molecule has 2 heterocycles. The van der Waals surface area contributed by atoms with Gasteiger partial charge < -0.3 is 9.88 Å². The fourth-order valence-corrected chi connectivity index (χ4v) is 4.95. The normalized spacial score (nSPS) is 16.7. The van der Waals surface area contributed by atoms with Gasteiger partial charge in [0.05, 0.1) is 10.6 Å². The van der Waals surface area contributed by atoms with Crippen LogP contribution in [-0.2, 0) is 11.3 Å². The van der Waals surface area contributed by atoms with Gasteiger partial charge >= 0.3 is 0 Å². The van der Waals surface area contributed by atoms with Gasteiger partial charge in [-0.15, -0.1) is 0 Å². The van der Waals surface area contributed by atoms with E-state index in [-0.39, 0.29) is 5.91 Å². The number of hydrogen-bond donors (Lipinski definition) is 1. The Bertz CT molecular complexity index is 1420. The van der Waals surface area contributed by atoms with Crippen molar-refractivity contribution in [3.8, 4) is 0 Å². The number of benzene rings is 3. The maximum atomic E-state index is 12.5. The molecule has 1 aliphatic heterocycles. The molecular formula is C25H20ClN3OS. The second kappa shape index (κ2) is 7.91. The highest BCUT2D eigenvalue weighted by Crippen LogP contribution is 2.33. The van der Waals surface area contributed by atoms with Crippen molar-refractivity contribution in [2.75, 3.05) is 0 Å². The molecule has 1 saturated heterocycles. The average Bonchev–Trinajstić information content (AvgIpc) is 3.27. The fourth-order valence-electron chi connectivity index (χ4n) is 3.95. The van der Waals surface area contributed by atoms with E-state index in [0.717, 1.165) is 23.4 Å². The minimum Gasteiger partial charge on any atom is -0.341 e. The minimum absolute atomic E-state index is 0.139. The van der Waals surface area contributed by atoms with Gasteiger partial charge in [-0.1, -0.05) is 41.9 Å². The van der Waals surface area contributed by atoms with E-state index < -0.39 is 0 Å². The fraction of sp³-hybridized carbons (Fsp3) is 0.120. The summed E-state index contributed by atoms with van der Waals surface area (Å²) in [6.07, 6.45) is 1.92. The quantitative estimate of drug-likeness (QED) is 0.358. The number of halogens is 1. The summed E-state index contributed by atoms with van der Waals surface area (Å²) in [6.45, 7) is 5.03. The Balaban J connectivity index is 1.52. The number of amidine groups is 1. The van der Waals surface area contributed by atoms with Crippen LogP contribution in [0, 0.1) is 6.92 Å². The molecule has 1 aliphatic rings. The number of carbonyl (C=O) groups excluding carboxylic acids is 1. The molecule has 0 saturated carbocycles. The third kappa shape index (κ3) is 3.64. The lowest BCUT2D eigenvalue weighted by molar-refractivity contribution is -0.115. The monoisotopic (exact) mass is 445 g/mol. The van der Waals surface area contributed by atoms with Crippen LogP contribution in [0.1, 0.15) is 18.1 Å². The number of hydrogen-bond acceptors (Lipinski definition) is 3. The Labute approximate surface area is 189 Å². The van der Waals surface area contributed by atoms with Gasteiger partial charge in [-0.3, -0.25) is 4.79 Å².